The lowest BCUT2D eigenvalue weighted by Gasteiger charge is -2.22. The van der Waals surface area contributed by atoms with E-state index in [1.54, 1.807) is 31.2 Å². The highest BCUT2D eigenvalue weighted by Gasteiger charge is 2.31. The molecule has 0 radical (unpaired) electrons. The van der Waals surface area contributed by atoms with Crippen molar-refractivity contribution in [2.75, 3.05) is 13.7 Å². The zero-order valence-corrected chi connectivity index (χ0v) is 9.82. The molecule has 0 aliphatic carbocycles. The number of esters is 1. The van der Waals surface area contributed by atoms with Crippen LogP contribution in [0.15, 0.2) is 24.3 Å². The Bertz CT molecular complexity index is 357. The molecule has 0 aliphatic heterocycles. The molecule has 4 heteroatoms. The molecule has 88 valence electrons. The van der Waals surface area contributed by atoms with Crippen molar-refractivity contribution in [3.63, 3.8) is 0 Å². The zero-order valence-electron chi connectivity index (χ0n) is 9.82. The molecule has 4 nitrogen and oxygen atoms in total. The third-order valence-electron chi connectivity index (χ3n) is 2.37. The second-order valence-corrected chi connectivity index (χ2v) is 3.65. The van der Waals surface area contributed by atoms with Crippen molar-refractivity contribution in [1.82, 2.24) is 0 Å². The van der Waals surface area contributed by atoms with Gasteiger partial charge in [-0.05, 0) is 31.5 Å². The van der Waals surface area contributed by atoms with Gasteiger partial charge in [0.2, 0.25) is 0 Å². The molecular formula is C12H17NO3. The van der Waals surface area contributed by atoms with Gasteiger partial charge in [0.05, 0.1) is 13.7 Å². The van der Waals surface area contributed by atoms with Crippen LogP contribution in [0, 0.1) is 0 Å². The summed E-state index contributed by atoms with van der Waals surface area (Å²) in [5.74, 6) is 0.295. The number of carbonyl (C=O) groups excluding carboxylic acids is 1. The van der Waals surface area contributed by atoms with Gasteiger partial charge >= 0.3 is 5.97 Å². The van der Waals surface area contributed by atoms with Crippen LogP contribution < -0.4 is 10.5 Å². The summed E-state index contributed by atoms with van der Waals surface area (Å²) in [6, 6.07) is 7.10. The van der Waals surface area contributed by atoms with Crippen LogP contribution in [0.2, 0.25) is 0 Å². The summed E-state index contributed by atoms with van der Waals surface area (Å²) in [6.07, 6.45) is 0. The summed E-state index contributed by atoms with van der Waals surface area (Å²) < 4.78 is 9.96. The maximum atomic E-state index is 11.5. The molecule has 16 heavy (non-hydrogen) atoms. The first kappa shape index (κ1) is 12.5. The van der Waals surface area contributed by atoms with Crippen LogP contribution in [0.5, 0.6) is 5.75 Å². The maximum absolute atomic E-state index is 11.5. The zero-order chi connectivity index (χ0) is 12.2. The number of carbonyl (C=O) groups is 1. The average Bonchev–Trinajstić information content (AvgIpc) is 2.29. The van der Waals surface area contributed by atoms with Crippen LogP contribution in [-0.4, -0.2) is 19.7 Å². The highest BCUT2D eigenvalue weighted by atomic mass is 16.5. The number of ether oxygens (including phenoxy) is 2. The summed E-state index contributed by atoms with van der Waals surface area (Å²) in [7, 11) is 1.32. The molecule has 1 aromatic carbocycles. The fourth-order valence-corrected chi connectivity index (χ4v) is 1.39. The lowest BCUT2D eigenvalue weighted by atomic mass is 9.93. The number of methoxy groups -OCH3 is 1. The van der Waals surface area contributed by atoms with Crippen molar-refractivity contribution < 1.29 is 14.3 Å². The van der Waals surface area contributed by atoms with Gasteiger partial charge in [0.15, 0.2) is 0 Å². The topological polar surface area (TPSA) is 61.5 Å². The van der Waals surface area contributed by atoms with Crippen LogP contribution in [0.25, 0.3) is 0 Å². The SMILES string of the molecule is CCOc1ccc(C(C)(N)C(=O)OC)cc1. The Labute approximate surface area is 95.3 Å². The van der Waals surface area contributed by atoms with Gasteiger partial charge in [0.1, 0.15) is 11.3 Å². The predicted octanol–water partition coefficient (Wildman–Crippen LogP) is 1.43. The van der Waals surface area contributed by atoms with Gasteiger partial charge in [0, 0.05) is 0 Å². The van der Waals surface area contributed by atoms with E-state index >= 15 is 0 Å². The second kappa shape index (κ2) is 4.99. The van der Waals surface area contributed by atoms with E-state index in [9.17, 15) is 4.79 Å². The van der Waals surface area contributed by atoms with Crippen LogP contribution in [-0.2, 0) is 15.1 Å². The molecule has 0 amide bonds. The van der Waals surface area contributed by atoms with E-state index in [4.69, 9.17) is 10.5 Å². The Morgan fingerprint density at radius 3 is 2.38 bits per heavy atom. The Kier molecular flexibility index (Phi) is 3.90. The van der Waals surface area contributed by atoms with Crippen LogP contribution in [0.3, 0.4) is 0 Å². The average molecular weight is 223 g/mol. The molecule has 0 heterocycles. The fraction of sp³-hybridized carbons (Fsp3) is 0.417. The maximum Gasteiger partial charge on any atom is 0.330 e. The van der Waals surface area contributed by atoms with E-state index in [0.29, 0.717) is 12.2 Å². The van der Waals surface area contributed by atoms with Crippen molar-refractivity contribution in [2.24, 2.45) is 5.73 Å². The van der Waals surface area contributed by atoms with Gasteiger partial charge < -0.3 is 15.2 Å². The van der Waals surface area contributed by atoms with Crippen LogP contribution in [0.4, 0.5) is 0 Å². The number of nitrogens with two attached hydrogens (primary N) is 1. The fourth-order valence-electron chi connectivity index (χ4n) is 1.39. The minimum atomic E-state index is -1.13. The summed E-state index contributed by atoms with van der Waals surface area (Å²) in [5.41, 5.74) is 5.47. The minimum Gasteiger partial charge on any atom is -0.494 e. The molecule has 1 rings (SSSR count). The first-order chi connectivity index (χ1) is 7.52. The molecule has 1 aromatic rings. The third kappa shape index (κ3) is 2.52. The molecule has 0 saturated carbocycles. The lowest BCUT2D eigenvalue weighted by molar-refractivity contribution is -0.146. The quantitative estimate of drug-likeness (QED) is 0.784. The molecule has 0 aromatic heterocycles. The van der Waals surface area contributed by atoms with E-state index in [1.165, 1.54) is 7.11 Å². The summed E-state index contributed by atoms with van der Waals surface area (Å²) in [4.78, 5) is 11.5. The van der Waals surface area contributed by atoms with Crippen molar-refractivity contribution in [1.29, 1.82) is 0 Å². The molecular weight excluding hydrogens is 206 g/mol. The summed E-state index contributed by atoms with van der Waals surface area (Å²) in [6.45, 7) is 4.14. The minimum absolute atomic E-state index is 0.461. The largest absolute Gasteiger partial charge is 0.494 e. The van der Waals surface area contributed by atoms with Gasteiger partial charge in [-0.25, -0.2) is 4.79 Å². The number of benzene rings is 1. The first-order valence-corrected chi connectivity index (χ1v) is 5.13. The van der Waals surface area contributed by atoms with Crippen LogP contribution in [0.1, 0.15) is 19.4 Å². The normalized spacial score (nSPS) is 14.0. The summed E-state index contributed by atoms with van der Waals surface area (Å²) in [5, 5.41) is 0. The summed E-state index contributed by atoms with van der Waals surface area (Å²) >= 11 is 0. The van der Waals surface area contributed by atoms with Crippen molar-refractivity contribution in [3.8, 4) is 5.75 Å². The third-order valence-corrected chi connectivity index (χ3v) is 2.37. The van der Waals surface area contributed by atoms with E-state index in [1.807, 2.05) is 6.92 Å². The van der Waals surface area contributed by atoms with E-state index in [-0.39, 0.29) is 0 Å². The number of rotatable bonds is 4. The highest BCUT2D eigenvalue weighted by molar-refractivity contribution is 5.81. The monoisotopic (exact) mass is 223 g/mol. The molecule has 1 unspecified atom stereocenters. The number of hydrogen-bond acceptors (Lipinski definition) is 4. The van der Waals surface area contributed by atoms with Gasteiger partial charge in [0.25, 0.3) is 0 Å². The molecule has 0 saturated heterocycles. The highest BCUT2D eigenvalue weighted by Crippen LogP contribution is 2.22. The van der Waals surface area contributed by atoms with Gasteiger partial charge in [-0.15, -0.1) is 0 Å². The van der Waals surface area contributed by atoms with E-state index in [2.05, 4.69) is 4.74 Å². The van der Waals surface area contributed by atoms with E-state index < -0.39 is 11.5 Å². The number of hydrogen-bond donors (Lipinski definition) is 1. The predicted molar refractivity (Wildman–Crippen MR) is 61.2 cm³/mol. The Morgan fingerprint density at radius 1 is 1.38 bits per heavy atom. The Morgan fingerprint density at radius 2 is 1.94 bits per heavy atom. The molecule has 0 bridgehead atoms. The molecule has 0 aliphatic rings. The van der Waals surface area contributed by atoms with Gasteiger partial charge in [-0.2, -0.15) is 0 Å². The van der Waals surface area contributed by atoms with Crippen LogP contribution >= 0.6 is 0 Å². The van der Waals surface area contributed by atoms with Crippen molar-refractivity contribution in [2.45, 2.75) is 19.4 Å². The van der Waals surface area contributed by atoms with E-state index in [0.717, 1.165) is 5.75 Å². The second-order valence-electron chi connectivity index (χ2n) is 3.65. The lowest BCUT2D eigenvalue weighted by Crippen LogP contribution is -2.42. The first-order valence-electron chi connectivity index (χ1n) is 5.13. The van der Waals surface area contributed by atoms with Gasteiger partial charge in [-0.1, -0.05) is 12.1 Å². The molecule has 2 N–H and O–H groups in total. The molecule has 1 atom stereocenters. The van der Waals surface area contributed by atoms with Gasteiger partial charge in [-0.3, -0.25) is 0 Å². The van der Waals surface area contributed by atoms with Crippen molar-refractivity contribution in [3.05, 3.63) is 29.8 Å². The van der Waals surface area contributed by atoms with Crippen molar-refractivity contribution >= 4 is 5.97 Å². The standard InChI is InChI=1S/C12H17NO3/c1-4-16-10-7-5-9(6-8-10)12(2,13)11(14)15-3/h5-8H,4,13H2,1-3H3. The Hall–Kier alpha value is -1.55. The molecule has 0 fully saturated rings. The Balaban J connectivity index is 2.92. The molecule has 0 spiro atoms. The smallest absolute Gasteiger partial charge is 0.330 e.